The van der Waals surface area contributed by atoms with Crippen LogP contribution in [0.5, 0.6) is 0 Å². The van der Waals surface area contributed by atoms with E-state index in [9.17, 15) is 26.4 Å². The number of amides is 1. The number of rotatable bonds is 6. The van der Waals surface area contributed by atoms with Gasteiger partial charge in [-0.3, -0.25) is 9.78 Å². The summed E-state index contributed by atoms with van der Waals surface area (Å²) < 4.78 is 62.6. The molecule has 0 aliphatic carbocycles. The Morgan fingerprint density at radius 2 is 2.04 bits per heavy atom. The summed E-state index contributed by atoms with van der Waals surface area (Å²) in [4.78, 5) is 20.5. The molecule has 1 amide bonds. The second kappa shape index (κ2) is 7.70. The third-order valence-electron chi connectivity index (χ3n) is 3.40. The van der Waals surface area contributed by atoms with Crippen molar-refractivity contribution in [3.05, 3.63) is 35.1 Å². The number of hydrogen-bond donors (Lipinski definition) is 0. The van der Waals surface area contributed by atoms with Gasteiger partial charge in [-0.2, -0.15) is 13.2 Å². The number of aromatic nitrogens is 2. The van der Waals surface area contributed by atoms with E-state index in [0.29, 0.717) is 16.9 Å². The predicted octanol–water partition coefficient (Wildman–Crippen LogP) is 2.73. The Kier molecular flexibility index (Phi) is 6.02. The quantitative estimate of drug-likeness (QED) is 0.736. The van der Waals surface area contributed by atoms with Crippen molar-refractivity contribution in [2.45, 2.75) is 13.1 Å². The number of carbonyl (C=O) groups is 1. The second-order valence-electron chi connectivity index (χ2n) is 5.45. The lowest BCUT2D eigenvalue weighted by atomic mass is 10.3. The molecule has 2 heterocycles. The average Bonchev–Trinajstić information content (AvgIpc) is 3.00. The van der Waals surface area contributed by atoms with Gasteiger partial charge in [-0.05, 0) is 19.1 Å². The Morgan fingerprint density at radius 1 is 1.35 bits per heavy atom. The molecule has 26 heavy (non-hydrogen) atoms. The molecule has 0 radical (unpaired) electrons. The highest BCUT2D eigenvalue weighted by atomic mass is 32.2. The smallest absolute Gasteiger partial charge is 0.337 e. The SMILES string of the molecule is CCN(CCS(C)(=O)=O)C(=O)c1sc(-c2cccnc2)nc1C(F)(F)F. The summed E-state index contributed by atoms with van der Waals surface area (Å²) in [6, 6.07) is 3.09. The van der Waals surface area contributed by atoms with Gasteiger partial charge in [-0.1, -0.05) is 0 Å². The fraction of sp³-hybridized carbons (Fsp3) is 0.400. The van der Waals surface area contributed by atoms with E-state index in [-0.39, 0.29) is 23.8 Å². The summed E-state index contributed by atoms with van der Waals surface area (Å²) in [5.74, 6) is -1.22. The van der Waals surface area contributed by atoms with E-state index in [1.165, 1.54) is 12.4 Å². The van der Waals surface area contributed by atoms with Crippen molar-refractivity contribution in [3.8, 4) is 10.6 Å². The molecule has 0 bridgehead atoms. The molecule has 0 aliphatic heterocycles. The Bertz CT molecular complexity index is 881. The lowest BCUT2D eigenvalue weighted by Gasteiger charge is -2.20. The standard InChI is InChI=1S/C15H16F3N3O3S2/c1-3-21(7-8-26(2,23)24)14(22)11-12(15(16,17)18)20-13(25-11)10-5-4-6-19-9-10/h4-6,9H,3,7-8H2,1-2H3. The van der Waals surface area contributed by atoms with Crippen LogP contribution in [0.2, 0.25) is 0 Å². The Morgan fingerprint density at radius 3 is 2.54 bits per heavy atom. The van der Waals surface area contributed by atoms with Crippen LogP contribution in [0.15, 0.2) is 24.5 Å². The highest BCUT2D eigenvalue weighted by molar-refractivity contribution is 7.90. The van der Waals surface area contributed by atoms with Gasteiger partial charge in [0.25, 0.3) is 5.91 Å². The van der Waals surface area contributed by atoms with Crippen LogP contribution >= 0.6 is 11.3 Å². The van der Waals surface area contributed by atoms with Crippen LogP contribution in [-0.4, -0.2) is 54.3 Å². The number of pyridine rings is 1. The number of carbonyl (C=O) groups excluding carboxylic acids is 1. The zero-order valence-electron chi connectivity index (χ0n) is 13.9. The number of alkyl halides is 3. The van der Waals surface area contributed by atoms with Crippen LogP contribution in [0.3, 0.4) is 0 Å². The molecular formula is C15H16F3N3O3S2. The molecule has 2 rings (SSSR count). The first kappa shape index (κ1) is 20.3. The molecule has 0 fully saturated rings. The maximum Gasteiger partial charge on any atom is 0.435 e. The lowest BCUT2D eigenvalue weighted by Crippen LogP contribution is -2.35. The second-order valence-corrected chi connectivity index (χ2v) is 8.71. The van der Waals surface area contributed by atoms with Gasteiger partial charge in [0.05, 0.1) is 5.75 Å². The van der Waals surface area contributed by atoms with Gasteiger partial charge < -0.3 is 4.90 Å². The van der Waals surface area contributed by atoms with E-state index in [2.05, 4.69) is 9.97 Å². The summed E-state index contributed by atoms with van der Waals surface area (Å²) >= 11 is 0.613. The number of halogens is 3. The summed E-state index contributed by atoms with van der Waals surface area (Å²) in [7, 11) is -3.36. The molecule has 0 atom stereocenters. The van der Waals surface area contributed by atoms with Crippen molar-refractivity contribution < 1.29 is 26.4 Å². The first-order valence-electron chi connectivity index (χ1n) is 7.48. The van der Waals surface area contributed by atoms with Gasteiger partial charge in [-0.25, -0.2) is 13.4 Å². The van der Waals surface area contributed by atoms with E-state index < -0.39 is 32.5 Å². The number of thiazole rings is 1. The zero-order valence-corrected chi connectivity index (χ0v) is 15.6. The van der Waals surface area contributed by atoms with Crippen molar-refractivity contribution in [1.29, 1.82) is 0 Å². The minimum atomic E-state index is -4.81. The van der Waals surface area contributed by atoms with Crippen LogP contribution < -0.4 is 0 Å². The minimum absolute atomic E-state index is 0.0212. The van der Waals surface area contributed by atoms with Gasteiger partial charge >= 0.3 is 6.18 Å². The number of nitrogens with zero attached hydrogens (tertiary/aromatic N) is 3. The van der Waals surface area contributed by atoms with Crippen molar-refractivity contribution >= 4 is 27.1 Å². The molecular weight excluding hydrogens is 391 g/mol. The van der Waals surface area contributed by atoms with Crippen molar-refractivity contribution in [3.63, 3.8) is 0 Å². The molecule has 142 valence electrons. The molecule has 2 aromatic heterocycles. The van der Waals surface area contributed by atoms with Gasteiger partial charge in [0.2, 0.25) is 0 Å². The van der Waals surface area contributed by atoms with Crippen LogP contribution in [0.25, 0.3) is 10.6 Å². The Balaban J connectivity index is 2.42. The summed E-state index contributed by atoms with van der Waals surface area (Å²) in [5.41, 5.74) is -0.912. The molecule has 0 saturated carbocycles. The summed E-state index contributed by atoms with van der Waals surface area (Å²) in [6.45, 7) is 1.45. The molecule has 6 nitrogen and oxygen atoms in total. The van der Waals surface area contributed by atoms with Gasteiger partial charge in [0.1, 0.15) is 19.7 Å². The zero-order chi connectivity index (χ0) is 19.5. The van der Waals surface area contributed by atoms with Gasteiger partial charge in [0, 0.05) is 37.3 Å². The van der Waals surface area contributed by atoms with Crippen LogP contribution in [-0.2, 0) is 16.0 Å². The maximum absolute atomic E-state index is 13.3. The highest BCUT2D eigenvalue weighted by Gasteiger charge is 2.40. The molecule has 0 aromatic carbocycles. The molecule has 2 aromatic rings. The molecule has 0 spiro atoms. The summed E-state index contributed by atoms with van der Waals surface area (Å²) in [6.07, 6.45) is -0.982. The lowest BCUT2D eigenvalue weighted by molar-refractivity contribution is -0.141. The third-order valence-corrected chi connectivity index (χ3v) is 5.42. The highest BCUT2D eigenvalue weighted by Crippen LogP contribution is 2.38. The number of hydrogen-bond acceptors (Lipinski definition) is 6. The van der Waals surface area contributed by atoms with Gasteiger partial charge in [0.15, 0.2) is 5.69 Å². The van der Waals surface area contributed by atoms with Crippen molar-refractivity contribution in [2.24, 2.45) is 0 Å². The first-order chi connectivity index (χ1) is 12.0. The van der Waals surface area contributed by atoms with Crippen LogP contribution in [0.1, 0.15) is 22.3 Å². The van der Waals surface area contributed by atoms with Crippen LogP contribution in [0, 0.1) is 0 Å². The van der Waals surface area contributed by atoms with Crippen molar-refractivity contribution in [1.82, 2.24) is 14.9 Å². The Hall–Kier alpha value is -2.01. The molecule has 0 aliphatic rings. The Labute approximate surface area is 152 Å². The van der Waals surface area contributed by atoms with Gasteiger partial charge in [-0.15, -0.1) is 11.3 Å². The predicted molar refractivity (Wildman–Crippen MR) is 91.6 cm³/mol. The van der Waals surface area contributed by atoms with E-state index in [1.54, 1.807) is 19.1 Å². The monoisotopic (exact) mass is 407 g/mol. The van der Waals surface area contributed by atoms with E-state index >= 15 is 0 Å². The largest absolute Gasteiger partial charge is 0.435 e. The average molecular weight is 407 g/mol. The van der Waals surface area contributed by atoms with E-state index in [4.69, 9.17) is 0 Å². The topological polar surface area (TPSA) is 80.2 Å². The third kappa shape index (κ3) is 5.01. The molecule has 0 unspecified atom stereocenters. The molecule has 11 heteroatoms. The van der Waals surface area contributed by atoms with E-state index in [1.807, 2.05) is 0 Å². The molecule has 0 saturated heterocycles. The maximum atomic E-state index is 13.3. The summed E-state index contributed by atoms with van der Waals surface area (Å²) in [5, 5.41) is 0.0212. The number of sulfone groups is 1. The normalized spacial score (nSPS) is 12.2. The van der Waals surface area contributed by atoms with E-state index in [0.717, 1.165) is 11.2 Å². The first-order valence-corrected chi connectivity index (χ1v) is 10.4. The fourth-order valence-corrected chi connectivity index (χ4v) is 3.69. The molecule has 0 N–H and O–H groups in total. The minimum Gasteiger partial charge on any atom is -0.337 e. The van der Waals surface area contributed by atoms with Crippen LogP contribution in [0.4, 0.5) is 13.2 Å². The van der Waals surface area contributed by atoms with Crippen molar-refractivity contribution in [2.75, 3.05) is 25.1 Å². The fourth-order valence-electron chi connectivity index (χ4n) is 2.09.